The molecular weight excluding hydrogens is 190 g/mol. The van der Waals surface area contributed by atoms with Crippen molar-refractivity contribution in [3.05, 3.63) is 0 Å². The molecule has 0 aliphatic heterocycles. The molecule has 1 saturated carbocycles. The van der Waals surface area contributed by atoms with E-state index in [9.17, 15) is 4.79 Å². The first kappa shape index (κ1) is 12.5. The standard InChI is InChI=1S/C12H23NO2/c1-12(2,11(14)15-4)9-13(3)8-10-6-5-7-10/h10H,5-9H2,1-4H3. The molecule has 1 rings (SSSR count). The summed E-state index contributed by atoms with van der Waals surface area (Å²) in [4.78, 5) is 13.7. The smallest absolute Gasteiger partial charge is 0.312 e. The average Bonchev–Trinajstić information content (AvgIpc) is 2.09. The third-order valence-corrected chi connectivity index (χ3v) is 3.20. The van der Waals surface area contributed by atoms with E-state index in [0.29, 0.717) is 0 Å². The summed E-state index contributed by atoms with van der Waals surface area (Å²) in [5.74, 6) is 0.728. The van der Waals surface area contributed by atoms with Crippen molar-refractivity contribution in [3.8, 4) is 0 Å². The number of hydrogen-bond acceptors (Lipinski definition) is 3. The van der Waals surface area contributed by atoms with Crippen molar-refractivity contribution < 1.29 is 9.53 Å². The van der Waals surface area contributed by atoms with Gasteiger partial charge in [-0.05, 0) is 39.7 Å². The van der Waals surface area contributed by atoms with Crippen LogP contribution < -0.4 is 0 Å². The van der Waals surface area contributed by atoms with E-state index in [1.807, 2.05) is 13.8 Å². The molecule has 0 saturated heterocycles. The van der Waals surface area contributed by atoms with E-state index in [1.54, 1.807) is 0 Å². The highest BCUT2D eigenvalue weighted by molar-refractivity contribution is 5.76. The van der Waals surface area contributed by atoms with Crippen molar-refractivity contribution in [2.24, 2.45) is 11.3 Å². The Balaban J connectivity index is 2.34. The summed E-state index contributed by atoms with van der Waals surface area (Å²) >= 11 is 0. The first-order valence-corrected chi connectivity index (χ1v) is 5.72. The van der Waals surface area contributed by atoms with Gasteiger partial charge in [-0.2, -0.15) is 0 Å². The molecule has 88 valence electrons. The number of nitrogens with zero attached hydrogens (tertiary/aromatic N) is 1. The predicted molar refractivity (Wildman–Crippen MR) is 60.6 cm³/mol. The molecule has 0 unspecified atom stereocenters. The minimum atomic E-state index is -0.396. The van der Waals surface area contributed by atoms with Gasteiger partial charge < -0.3 is 9.64 Å². The second kappa shape index (κ2) is 4.97. The van der Waals surface area contributed by atoms with Gasteiger partial charge in [0.15, 0.2) is 0 Å². The average molecular weight is 213 g/mol. The fourth-order valence-corrected chi connectivity index (χ4v) is 2.20. The number of carbonyl (C=O) groups excluding carboxylic acids is 1. The Kier molecular flexibility index (Phi) is 4.14. The van der Waals surface area contributed by atoms with E-state index < -0.39 is 5.41 Å². The van der Waals surface area contributed by atoms with Gasteiger partial charge in [0.25, 0.3) is 0 Å². The third kappa shape index (κ3) is 3.49. The molecule has 0 amide bonds. The summed E-state index contributed by atoms with van der Waals surface area (Å²) in [7, 11) is 3.54. The Morgan fingerprint density at radius 2 is 2.07 bits per heavy atom. The highest BCUT2D eigenvalue weighted by Gasteiger charge is 2.31. The summed E-state index contributed by atoms with van der Waals surface area (Å²) in [6.45, 7) is 5.77. The van der Waals surface area contributed by atoms with Crippen LogP contribution in [-0.4, -0.2) is 38.1 Å². The van der Waals surface area contributed by atoms with Gasteiger partial charge in [0.2, 0.25) is 0 Å². The van der Waals surface area contributed by atoms with Crippen LogP contribution in [0.5, 0.6) is 0 Å². The molecule has 15 heavy (non-hydrogen) atoms. The normalized spacial score (nSPS) is 17.7. The Hall–Kier alpha value is -0.570. The lowest BCUT2D eigenvalue weighted by Gasteiger charge is -2.33. The molecule has 0 radical (unpaired) electrons. The van der Waals surface area contributed by atoms with Crippen LogP contribution in [0, 0.1) is 11.3 Å². The van der Waals surface area contributed by atoms with Crippen LogP contribution in [0.3, 0.4) is 0 Å². The van der Waals surface area contributed by atoms with Crippen molar-refractivity contribution in [2.75, 3.05) is 27.2 Å². The Bertz CT molecular complexity index is 222. The largest absolute Gasteiger partial charge is 0.469 e. The zero-order valence-electron chi connectivity index (χ0n) is 10.4. The minimum absolute atomic E-state index is 0.122. The number of ether oxygens (including phenoxy) is 1. The van der Waals surface area contributed by atoms with Gasteiger partial charge in [-0.1, -0.05) is 6.42 Å². The van der Waals surface area contributed by atoms with Crippen LogP contribution in [0.2, 0.25) is 0 Å². The summed E-state index contributed by atoms with van der Waals surface area (Å²) in [5, 5.41) is 0. The quantitative estimate of drug-likeness (QED) is 0.653. The summed E-state index contributed by atoms with van der Waals surface area (Å²) in [6.07, 6.45) is 4.07. The third-order valence-electron chi connectivity index (χ3n) is 3.20. The number of methoxy groups -OCH3 is 1. The SMILES string of the molecule is COC(=O)C(C)(C)CN(C)CC1CCC1. The van der Waals surface area contributed by atoms with Gasteiger partial charge in [0, 0.05) is 13.1 Å². The molecule has 0 bridgehead atoms. The molecular formula is C12H23NO2. The highest BCUT2D eigenvalue weighted by Crippen LogP contribution is 2.28. The van der Waals surface area contributed by atoms with E-state index in [1.165, 1.54) is 26.4 Å². The molecule has 3 heteroatoms. The Morgan fingerprint density at radius 1 is 1.47 bits per heavy atom. The zero-order chi connectivity index (χ0) is 11.5. The predicted octanol–water partition coefficient (Wildman–Crippen LogP) is 1.92. The molecule has 0 heterocycles. The van der Waals surface area contributed by atoms with E-state index >= 15 is 0 Å². The topological polar surface area (TPSA) is 29.5 Å². The number of esters is 1. The molecule has 1 aliphatic rings. The van der Waals surface area contributed by atoms with Gasteiger partial charge >= 0.3 is 5.97 Å². The number of carbonyl (C=O) groups is 1. The Morgan fingerprint density at radius 3 is 2.47 bits per heavy atom. The molecule has 1 aliphatic carbocycles. The molecule has 0 aromatic carbocycles. The lowest BCUT2D eigenvalue weighted by atomic mass is 9.84. The Labute approximate surface area is 92.8 Å². The molecule has 0 spiro atoms. The monoisotopic (exact) mass is 213 g/mol. The highest BCUT2D eigenvalue weighted by atomic mass is 16.5. The van der Waals surface area contributed by atoms with Crippen molar-refractivity contribution in [1.82, 2.24) is 4.90 Å². The number of hydrogen-bond donors (Lipinski definition) is 0. The maximum atomic E-state index is 11.5. The molecule has 3 nitrogen and oxygen atoms in total. The molecule has 0 atom stereocenters. The first-order chi connectivity index (χ1) is 6.95. The van der Waals surface area contributed by atoms with E-state index in [-0.39, 0.29) is 5.97 Å². The zero-order valence-corrected chi connectivity index (χ0v) is 10.4. The minimum Gasteiger partial charge on any atom is -0.469 e. The number of rotatable bonds is 5. The van der Waals surface area contributed by atoms with Crippen molar-refractivity contribution >= 4 is 5.97 Å². The lowest BCUT2D eigenvalue weighted by molar-refractivity contribution is -0.151. The molecule has 0 aromatic rings. The lowest BCUT2D eigenvalue weighted by Crippen LogP contribution is -2.40. The van der Waals surface area contributed by atoms with Gasteiger partial charge in [0.05, 0.1) is 12.5 Å². The fourth-order valence-electron chi connectivity index (χ4n) is 2.20. The van der Waals surface area contributed by atoms with Crippen molar-refractivity contribution in [3.63, 3.8) is 0 Å². The van der Waals surface area contributed by atoms with E-state index in [0.717, 1.165) is 19.0 Å². The van der Waals surface area contributed by atoms with E-state index in [2.05, 4.69) is 11.9 Å². The van der Waals surface area contributed by atoms with Gasteiger partial charge in [-0.15, -0.1) is 0 Å². The van der Waals surface area contributed by atoms with Crippen LogP contribution in [0.4, 0.5) is 0 Å². The summed E-state index contributed by atoms with van der Waals surface area (Å²) in [5.41, 5.74) is -0.396. The second-order valence-corrected chi connectivity index (χ2v) is 5.37. The second-order valence-electron chi connectivity index (χ2n) is 5.37. The van der Waals surface area contributed by atoms with Gasteiger partial charge in [-0.25, -0.2) is 0 Å². The van der Waals surface area contributed by atoms with Gasteiger partial charge in [-0.3, -0.25) is 4.79 Å². The molecule has 0 aromatic heterocycles. The maximum Gasteiger partial charge on any atom is 0.312 e. The van der Waals surface area contributed by atoms with Crippen LogP contribution in [0.15, 0.2) is 0 Å². The maximum absolute atomic E-state index is 11.5. The fraction of sp³-hybridized carbons (Fsp3) is 0.917. The molecule has 0 N–H and O–H groups in total. The first-order valence-electron chi connectivity index (χ1n) is 5.72. The summed E-state index contributed by atoms with van der Waals surface area (Å²) in [6, 6.07) is 0. The van der Waals surface area contributed by atoms with E-state index in [4.69, 9.17) is 4.74 Å². The van der Waals surface area contributed by atoms with Crippen LogP contribution >= 0.6 is 0 Å². The summed E-state index contributed by atoms with van der Waals surface area (Å²) < 4.78 is 4.80. The molecule has 1 fully saturated rings. The van der Waals surface area contributed by atoms with Crippen LogP contribution in [0.25, 0.3) is 0 Å². The van der Waals surface area contributed by atoms with Crippen molar-refractivity contribution in [1.29, 1.82) is 0 Å². The van der Waals surface area contributed by atoms with Crippen molar-refractivity contribution in [2.45, 2.75) is 33.1 Å². The van der Waals surface area contributed by atoms with Crippen LogP contribution in [0.1, 0.15) is 33.1 Å². The van der Waals surface area contributed by atoms with Crippen LogP contribution in [-0.2, 0) is 9.53 Å². The van der Waals surface area contributed by atoms with Gasteiger partial charge in [0.1, 0.15) is 0 Å².